The summed E-state index contributed by atoms with van der Waals surface area (Å²) in [6.45, 7) is 2.32. The predicted octanol–water partition coefficient (Wildman–Crippen LogP) is 2.38. The van der Waals surface area contributed by atoms with Crippen molar-refractivity contribution in [2.75, 3.05) is 20.8 Å². The molecule has 1 aromatic rings. The number of ketones is 1. The number of hydrogen-bond donors (Lipinski definition) is 0. The van der Waals surface area contributed by atoms with Crippen LogP contribution >= 0.6 is 0 Å². The summed E-state index contributed by atoms with van der Waals surface area (Å²) in [5.41, 5.74) is 1.05. The van der Waals surface area contributed by atoms with Gasteiger partial charge in [0.2, 0.25) is 0 Å². The van der Waals surface area contributed by atoms with E-state index in [9.17, 15) is 9.59 Å². The van der Waals surface area contributed by atoms with Crippen LogP contribution in [0.4, 0.5) is 0 Å². The second-order valence-electron chi connectivity index (χ2n) is 5.82. The number of ether oxygens (including phenoxy) is 3. The Labute approximate surface area is 136 Å². The van der Waals surface area contributed by atoms with Crippen LogP contribution < -0.4 is 0 Å². The number of esters is 1. The van der Waals surface area contributed by atoms with E-state index in [1.807, 2.05) is 37.3 Å². The highest BCUT2D eigenvalue weighted by molar-refractivity contribution is 6.01. The Kier molecular flexibility index (Phi) is 5.91. The minimum atomic E-state index is -0.916. The molecule has 1 saturated carbocycles. The van der Waals surface area contributed by atoms with Gasteiger partial charge in [-0.25, -0.2) is 0 Å². The molecule has 1 aromatic carbocycles. The molecule has 126 valence electrons. The van der Waals surface area contributed by atoms with Crippen LogP contribution in [0.3, 0.4) is 0 Å². The van der Waals surface area contributed by atoms with Crippen molar-refractivity contribution in [2.45, 2.75) is 32.0 Å². The van der Waals surface area contributed by atoms with Gasteiger partial charge in [0.1, 0.15) is 5.92 Å². The van der Waals surface area contributed by atoms with Gasteiger partial charge in [-0.1, -0.05) is 30.3 Å². The molecule has 1 aliphatic carbocycles. The lowest BCUT2D eigenvalue weighted by atomic mass is 9.74. The smallest absolute Gasteiger partial charge is 0.316 e. The van der Waals surface area contributed by atoms with Gasteiger partial charge < -0.3 is 14.2 Å². The largest absolute Gasteiger partial charge is 0.468 e. The van der Waals surface area contributed by atoms with Gasteiger partial charge in [0.15, 0.2) is 11.6 Å². The van der Waals surface area contributed by atoms with Gasteiger partial charge >= 0.3 is 5.97 Å². The Balaban J connectivity index is 2.27. The SMILES string of the molecule is CCOC1(OC)CC(Cc2ccccc2)C(=O)C(C(=O)OC)C1. The second kappa shape index (κ2) is 7.70. The summed E-state index contributed by atoms with van der Waals surface area (Å²) in [4.78, 5) is 24.8. The number of carbonyl (C=O) groups excluding carboxylic acids is 2. The van der Waals surface area contributed by atoms with Crippen LogP contribution in [-0.4, -0.2) is 38.4 Å². The van der Waals surface area contributed by atoms with E-state index in [0.29, 0.717) is 19.4 Å². The second-order valence-corrected chi connectivity index (χ2v) is 5.82. The third-order valence-corrected chi connectivity index (χ3v) is 4.41. The van der Waals surface area contributed by atoms with Crippen LogP contribution in [0.15, 0.2) is 30.3 Å². The molecule has 3 atom stereocenters. The predicted molar refractivity (Wildman–Crippen MR) is 84.7 cm³/mol. The third-order valence-electron chi connectivity index (χ3n) is 4.41. The normalized spacial score (nSPS) is 27.7. The van der Waals surface area contributed by atoms with Crippen molar-refractivity contribution < 1.29 is 23.8 Å². The minimum absolute atomic E-state index is 0.0897. The van der Waals surface area contributed by atoms with Gasteiger partial charge in [-0.15, -0.1) is 0 Å². The highest BCUT2D eigenvalue weighted by Gasteiger charge is 2.49. The molecule has 0 amide bonds. The molecule has 0 heterocycles. The lowest BCUT2D eigenvalue weighted by Gasteiger charge is -2.41. The number of carbonyl (C=O) groups is 2. The summed E-state index contributed by atoms with van der Waals surface area (Å²) in [5.74, 6) is -2.70. The van der Waals surface area contributed by atoms with Crippen molar-refractivity contribution in [3.05, 3.63) is 35.9 Å². The fourth-order valence-corrected chi connectivity index (χ4v) is 3.28. The summed E-state index contributed by atoms with van der Waals surface area (Å²) < 4.78 is 16.2. The highest BCUT2D eigenvalue weighted by Crippen LogP contribution is 2.39. The summed E-state index contributed by atoms with van der Waals surface area (Å²) in [5, 5.41) is 0. The molecule has 3 unspecified atom stereocenters. The molecule has 0 N–H and O–H groups in total. The molecule has 1 aliphatic rings. The number of methoxy groups -OCH3 is 2. The Bertz CT molecular complexity index is 542. The molecule has 2 rings (SSSR count). The maximum atomic E-state index is 12.7. The third kappa shape index (κ3) is 3.98. The van der Waals surface area contributed by atoms with Gasteiger partial charge in [0, 0.05) is 32.5 Å². The average Bonchev–Trinajstić information content (AvgIpc) is 2.58. The van der Waals surface area contributed by atoms with Crippen LogP contribution in [0.1, 0.15) is 25.3 Å². The van der Waals surface area contributed by atoms with Gasteiger partial charge in [0.05, 0.1) is 7.11 Å². The van der Waals surface area contributed by atoms with E-state index in [1.54, 1.807) is 7.11 Å². The van der Waals surface area contributed by atoms with E-state index in [-0.39, 0.29) is 18.1 Å². The van der Waals surface area contributed by atoms with E-state index in [0.717, 1.165) is 5.56 Å². The molecule has 5 nitrogen and oxygen atoms in total. The standard InChI is InChI=1S/C18H24O5/c1-4-23-18(22-3)11-14(10-13-8-6-5-7-9-13)16(19)15(12-18)17(20)21-2/h5-9,14-15H,4,10-12H2,1-3H3. The van der Waals surface area contributed by atoms with Gasteiger partial charge in [-0.05, 0) is 18.9 Å². The van der Waals surface area contributed by atoms with Crippen LogP contribution in [-0.2, 0) is 30.2 Å². The zero-order valence-electron chi connectivity index (χ0n) is 13.9. The van der Waals surface area contributed by atoms with Crippen LogP contribution in [0.25, 0.3) is 0 Å². The number of benzene rings is 1. The number of Topliss-reactive ketones (excluding diaryl/α,β-unsaturated/α-hetero) is 1. The lowest BCUT2D eigenvalue weighted by Crippen LogP contribution is -2.50. The first-order chi connectivity index (χ1) is 11.0. The molecule has 0 spiro atoms. The first kappa shape index (κ1) is 17.6. The molecule has 0 radical (unpaired) electrons. The van der Waals surface area contributed by atoms with Crippen LogP contribution in [0.5, 0.6) is 0 Å². The summed E-state index contributed by atoms with van der Waals surface area (Å²) in [6, 6.07) is 9.76. The van der Waals surface area contributed by atoms with Crippen molar-refractivity contribution in [3.63, 3.8) is 0 Å². The van der Waals surface area contributed by atoms with Crippen molar-refractivity contribution in [3.8, 4) is 0 Å². The van der Waals surface area contributed by atoms with E-state index in [2.05, 4.69) is 0 Å². The van der Waals surface area contributed by atoms with Crippen molar-refractivity contribution >= 4 is 11.8 Å². The summed E-state index contributed by atoms with van der Waals surface area (Å²) in [6.07, 6.45) is 1.21. The quantitative estimate of drug-likeness (QED) is 0.457. The summed E-state index contributed by atoms with van der Waals surface area (Å²) in [7, 11) is 2.85. The Morgan fingerprint density at radius 2 is 1.91 bits per heavy atom. The molecule has 0 saturated heterocycles. The summed E-state index contributed by atoms with van der Waals surface area (Å²) >= 11 is 0. The van der Waals surface area contributed by atoms with E-state index < -0.39 is 17.7 Å². The molecule has 0 bridgehead atoms. The highest BCUT2D eigenvalue weighted by atomic mass is 16.7. The van der Waals surface area contributed by atoms with E-state index >= 15 is 0 Å². The fraction of sp³-hybridized carbons (Fsp3) is 0.556. The van der Waals surface area contributed by atoms with Crippen molar-refractivity contribution in [1.29, 1.82) is 0 Å². The number of rotatable bonds is 6. The van der Waals surface area contributed by atoms with Crippen molar-refractivity contribution in [1.82, 2.24) is 0 Å². The van der Waals surface area contributed by atoms with Gasteiger partial charge in [0.25, 0.3) is 0 Å². The number of hydrogen-bond acceptors (Lipinski definition) is 5. The van der Waals surface area contributed by atoms with E-state index in [4.69, 9.17) is 14.2 Å². The molecule has 0 aromatic heterocycles. The molecule has 1 fully saturated rings. The minimum Gasteiger partial charge on any atom is -0.468 e. The molecular formula is C18H24O5. The Hall–Kier alpha value is -1.72. The van der Waals surface area contributed by atoms with E-state index in [1.165, 1.54) is 7.11 Å². The first-order valence-corrected chi connectivity index (χ1v) is 7.90. The maximum Gasteiger partial charge on any atom is 0.316 e. The van der Waals surface area contributed by atoms with Crippen molar-refractivity contribution in [2.24, 2.45) is 11.8 Å². The Morgan fingerprint density at radius 1 is 1.22 bits per heavy atom. The monoisotopic (exact) mass is 320 g/mol. The zero-order valence-corrected chi connectivity index (χ0v) is 13.9. The van der Waals surface area contributed by atoms with Crippen LogP contribution in [0, 0.1) is 11.8 Å². The maximum absolute atomic E-state index is 12.7. The topological polar surface area (TPSA) is 61.8 Å². The van der Waals surface area contributed by atoms with Gasteiger partial charge in [-0.3, -0.25) is 9.59 Å². The Morgan fingerprint density at radius 3 is 2.48 bits per heavy atom. The zero-order chi connectivity index (χ0) is 16.9. The fourth-order valence-electron chi connectivity index (χ4n) is 3.28. The first-order valence-electron chi connectivity index (χ1n) is 7.90. The van der Waals surface area contributed by atoms with Crippen LogP contribution in [0.2, 0.25) is 0 Å². The molecule has 23 heavy (non-hydrogen) atoms. The molecule has 0 aliphatic heterocycles. The average molecular weight is 320 g/mol. The van der Waals surface area contributed by atoms with Gasteiger partial charge in [-0.2, -0.15) is 0 Å². The lowest BCUT2D eigenvalue weighted by molar-refractivity contribution is -0.248. The molecule has 5 heteroatoms. The molecular weight excluding hydrogens is 296 g/mol.